The molecule has 3 rings (SSSR count). The first-order valence-electron chi connectivity index (χ1n) is 7.04. The van der Waals surface area contributed by atoms with E-state index in [1.807, 2.05) is 19.1 Å². The Labute approximate surface area is 123 Å². The van der Waals surface area contributed by atoms with Gasteiger partial charge in [0.1, 0.15) is 5.82 Å². The van der Waals surface area contributed by atoms with Crippen molar-refractivity contribution in [1.29, 1.82) is 0 Å². The third-order valence-corrected chi connectivity index (χ3v) is 3.75. The van der Waals surface area contributed by atoms with Gasteiger partial charge in [0.15, 0.2) is 0 Å². The van der Waals surface area contributed by atoms with Crippen LogP contribution in [0.5, 0.6) is 0 Å². The average molecular weight is 284 g/mol. The summed E-state index contributed by atoms with van der Waals surface area (Å²) in [5.41, 5.74) is 3.97. The molecule has 0 fully saturated rings. The first kappa shape index (κ1) is 13.8. The molecule has 0 saturated heterocycles. The van der Waals surface area contributed by atoms with Crippen LogP contribution in [-0.2, 0) is 13.0 Å². The van der Waals surface area contributed by atoms with Gasteiger partial charge < -0.3 is 10.6 Å². The SMILES string of the molecule is Cc1ccc(F)c(NC(=O)c2cccc3c2CCNC3)c1. The number of aryl methyl sites for hydroxylation is 1. The minimum absolute atomic E-state index is 0.228. The molecule has 0 saturated carbocycles. The highest BCUT2D eigenvalue weighted by Gasteiger charge is 2.18. The molecule has 0 aliphatic carbocycles. The molecule has 4 heteroatoms. The highest BCUT2D eigenvalue weighted by atomic mass is 19.1. The maximum absolute atomic E-state index is 13.8. The van der Waals surface area contributed by atoms with Crippen LogP contribution in [0.15, 0.2) is 36.4 Å². The van der Waals surface area contributed by atoms with Gasteiger partial charge in [0.25, 0.3) is 5.91 Å². The maximum atomic E-state index is 13.8. The van der Waals surface area contributed by atoms with Crippen LogP contribution in [0, 0.1) is 12.7 Å². The first-order valence-corrected chi connectivity index (χ1v) is 7.04. The fraction of sp³-hybridized carbons (Fsp3) is 0.235. The number of benzene rings is 2. The standard InChI is InChI=1S/C17H17FN2O/c1-11-5-6-15(18)16(9-11)20-17(21)14-4-2-3-12-10-19-8-7-13(12)14/h2-6,9,19H,7-8,10H2,1H3,(H,20,21). The van der Waals surface area contributed by atoms with Crippen LogP contribution < -0.4 is 10.6 Å². The van der Waals surface area contributed by atoms with E-state index in [0.29, 0.717) is 5.56 Å². The van der Waals surface area contributed by atoms with Crippen LogP contribution >= 0.6 is 0 Å². The summed E-state index contributed by atoms with van der Waals surface area (Å²) in [7, 11) is 0. The molecule has 1 aliphatic heterocycles. The van der Waals surface area contributed by atoms with E-state index >= 15 is 0 Å². The minimum atomic E-state index is -0.416. The van der Waals surface area contributed by atoms with E-state index in [1.165, 1.54) is 6.07 Å². The molecule has 1 amide bonds. The second-order valence-corrected chi connectivity index (χ2v) is 5.31. The number of nitrogens with one attached hydrogen (secondary N) is 2. The zero-order chi connectivity index (χ0) is 14.8. The summed E-state index contributed by atoms with van der Waals surface area (Å²) in [5, 5.41) is 5.96. The number of carbonyl (C=O) groups is 1. The fourth-order valence-electron chi connectivity index (χ4n) is 2.67. The van der Waals surface area contributed by atoms with E-state index < -0.39 is 5.82 Å². The number of halogens is 1. The van der Waals surface area contributed by atoms with Crippen molar-refractivity contribution >= 4 is 11.6 Å². The van der Waals surface area contributed by atoms with Crippen LogP contribution in [0.1, 0.15) is 27.0 Å². The highest BCUT2D eigenvalue weighted by Crippen LogP contribution is 2.21. The molecule has 0 aromatic heterocycles. The van der Waals surface area contributed by atoms with Gasteiger partial charge in [-0.25, -0.2) is 4.39 Å². The van der Waals surface area contributed by atoms with Gasteiger partial charge in [-0.3, -0.25) is 4.79 Å². The van der Waals surface area contributed by atoms with E-state index in [1.54, 1.807) is 18.2 Å². The summed E-state index contributed by atoms with van der Waals surface area (Å²) >= 11 is 0. The van der Waals surface area contributed by atoms with Gasteiger partial charge in [-0.05, 0) is 54.8 Å². The van der Waals surface area contributed by atoms with E-state index in [0.717, 1.165) is 36.2 Å². The largest absolute Gasteiger partial charge is 0.319 e. The van der Waals surface area contributed by atoms with Gasteiger partial charge in [-0.1, -0.05) is 18.2 Å². The minimum Gasteiger partial charge on any atom is -0.319 e. The lowest BCUT2D eigenvalue weighted by atomic mass is 9.95. The highest BCUT2D eigenvalue weighted by molar-refractivity contribution is 6.05. The van der Waals surface area contributed by atoms with E-state index in [9.17, 15) is 9.18 Å². The zero-order valence-electron chi connectivity index (χ0n) is 11.9. The number of hydrogen-bond donors (Lipinski definition) is 2. The number of hydrogen-bond acceptors (Lipinski definition) is 2. The van der Waals surface area contributed by atoms with Gasteiger partial charge in [-0.2, -0.15) is 0 Å². The molecule has 2 aromatic carbocycles. The lowest BCUT2D eigenvalue weighted by molar-refractivity contribution is 0.102. The Morgan fingerprint density at radius 1 is 1.29 bits per heavy atom. The quantitative estimate of drug-likeness (QED) is 0.890. The molecular weight excluding hydrogens is 267 g/mol. The molecule has 0 bridgehead atoms. The predicted molar refractivity (Wildman–Crippen MR) is 80.9 cm³/mol. The van der Waals surface area contributed by atoms with Crippen molar-refractivity contribution in [3.05, 3.63) is 64.5 Å². The number of fused-ring (bicyclic) bond motifs is 1. The van der Waals surface area contributed by atoms with Gasteiger partial charge >= 0.3 is 0 Å². The molecule has 108 valence electrons. The molecule has 2 aromatic rings. The topological polar surface area (TPSA) is 41.1 Å². The summed E-state index contributed by atoms with van der Waals surface area (Å²) in [6, 6.07) is 10.4. The van der Waals surface area contributed by atoms with Crippen LogP contribution in [0.4, 0.5) is 10.1 Å². The summed E-state index contributed by atoms with van der Waals surface area (Å²) < 4.78 is 13.8. The second-order valence-electron chi connectivity index (χ2n) is 5.31. The normalized spacial score (nSPS) is 13.6. The van der Waals surface area contributed by atoms with Gasteiger partial charge in [-0.15, -0.1) is 0 Å². The van der Waals surface area contributed by atoms with Crippen molar-refractivity contribution < 1.29 is 9.18 Å². The monoisotopic (exact) mass is 284 g/mol. The second kappa shape index (κ2) is 5.66. The van der Waals surface area contributed by atoms with Crippen molar-refractivity contribution in [2.45, 2.75) is 19.9 Å². The van der Waals surface area contributed by atoms with Crippen molar-refractivity contribution in [1.82, 2.24) is 5.32 Å². The molecule has 21 heavy (non-hydrogen) atoms. The summed E-state index contributed by atoms with van der Waals surface area (Å²) in [4.78, 5) is 12.5. The van der Waals surface area contributed by atoms with Crippen LogP contribution in [0.25, 0.3) is 0 Å². The zero-order valence-corrected chi connectivity index (χ0v) is 11.9. The molecule has 3 nitrogen and oxygen atoms in total. The van der Waals surface area contributed by atoms with E-state index in [4.69, 9.17) is 0 Å². The molecule has 1 heterocycles. The van der Waals surface area contributed by atoms with Crippen LogP contribution in [-0.4, -0.2) is 12.5 Å². The van der Waals surface area contributed by atoms with Gasteiger partial charge in [0, 0.05) is 12.1 Å². The number of amides is 1. The molecular formula is C17H17FN2O. The van der Waals surface area contributed by atoms with Gasteiger partial charge in [0.2, 0.25) is 0 Å². The van der Waals surface area contributed by atoms with E-state index in [2.05, 4.69) is 10.6 Å². The average Bonchev–Trinajstić information content (AvgIpc) is 2.50. The fourth-order valence-corrected chi connectivity index (χ4v) is 2.67. The maximum Gasteiger partial charge on any atom is 0.256 e. The number of carbonyl (C=O) groups excluding carboxylic acids is 1. The number of rotatable bonds is 2. The van der Waals surface area contributed by atoms with Crippen molar-refractivity contribution in [3.63, 3.8) is 0 Å². The lowest BCUT2D eigenvalue weighted by Crippen LogP contribution is -2.26. The molecule has 0 spiro atoms. The predicted octanol–water partition coefficient (Wildman–Crippen LogP) is 3.03. The first-order chi connectivity index (χ1) is 10.1. The van der Waals surface area contributed by atoms with Crippen molar-refractivity contribution in [2.24, 2.45) is 0 Å². The molecule has 0 unspecified atom stereocenters. The van der Waals surface area contributed by atoms with Crippen molar-refractivity contribution in [2.75, 3.05) is 11.9 Å². The summed E-state index contributed by atoms with van der Waals surface area (Å²) in [5.74, 6) is -0.668. The lowest BCUT2D eigenvalue weighted by Gasteiger charge is -2.20. The molecule has 1 aliphatic rings. The molecule has 0 radical (unpaired) electrons. The Morgan fingerprint density at radius 2 is 2.14 bits per heavy atom. The smallest absolute Gasteiger partial charge is 0.256 e. The third kappa shape index (κ3) is 2.81. The Morgan fingerprint density at radius 3 is 3.00 bits per heavy atom. The molecule has 2 N–H and O–H groups in total. The van der Waals surface area contributed by atoms with Gasteiger partial charge in [0.05, 0.1) is 5.69 Å². The Hall–Kier alpha value is -2.20. The number of anilines is 1. The Balaban J connectivity index is 1.91. The summed E-state index contributed by atoms with van der Waals surface area (Å²) in [6.45, 7) is 3.50. The van der Waals surface area contributed by atoms with E-state index in [-0.39, 0.29) is 11.6 Å². The Bertz CT molecular complexity index is 697. The Kier molecular flexibility index (Phi) is 3.71. The third-order valence-electron chi connectivity index (χ3n) is 3.75. The molecule has 0 atom stereocenters. The summed E-state index contributed by atoms with van der Waals surface area (Å²) in [6.07, 6.45) is 0.815. The van der Waals surface area contributed by atoms with Crippen LogP contribution in [0.2, 0.25) is 0 Å². The van der Waals surface area contributed by atoms with Crippen molar-refractivity contribution in [3.8, 4) is 0 Å². The van der Waals surface area contributed by atoms with Crippen LogP contribution in [0.3, 0.4) is 0 Å².